The summed E-state index contributed by atoms with van der Waals surface area (Å²) in [5, 5.41) is 6.95. The zero-order valence-corrected chi connectivity index (χ0v) is 14.7. The highest BCUT2D eigenvalue weighted by Gasteiger charge is 2.26. The molecule has 1 atom stereocenters. The maximum absolute atomic E-state index is 12.5. The van der Waals surface area contributed by atoms with E-state index in [0.717, 1.165) is 11.3 Å². The minimum Gasteiger partial charge on any atom is -0.467 e. The Kier molecular flexibility index (Phi) is 4.22. The molecule has 7 nitrogen and oxygen atoms in total. The SMILES string of the molecule is Cc1cc(=O)n2c(n1)NC(=NCc1ccco1)N[C@@H]2c1ccc(Cl)cc1. The molecule has 2 aromatic heterocycles. The smallest absolute Gasteiger partial charge is 0.257 e. The number of aryl methyl sites for hydroxylation is 1. The van der Waals surface area contributed by atoms with Crippen molar-refractivity contribution in [2.24, 2.45) is 4.99 Å². The first kappa shape index (κ1) is 16.4. The van der Waals surface area contributed by atoms with Gasteiger partial charge in [0.1, 0.15) is 18.5 Å². The van der Waals surface area contributed by atoms with Crippen LogP contribution in [0, 0.1) is 6.92 Å². The molecule has 0 spiro atoms. The standard InChI is InChI=1S/C18H16ClN5O2/c1-11-9-15(25)24-16(12-4-6-13(19)7-5-12)22-17(23-18(24)21-11)20-10-14-3-2-8-26-14/h2-9,16H,10H2,1H3,(H2,20,21,22,23)/t16-/m0/s1. The molecule has 0 radical (unpaired) electrons. The fraction of sp³-hybridized carbons (Fsp3) is 0.167. The van der Waals surface area contributed by atoms with Crippen molar-refractivity contribution in [2.45, 2.75) is 19.6 Å². The van der Waals surface area contributed by atoms with Crippen LogP contribution in [0.2, 0.25) is 5.02 Å². The summed E-state index contributed by atoms with van der Waals surface area (Å²) >= 11 is 5.99. The lowest BCUT2D eigenvalue weighted by molar-refractivity contribution is 0.502. The first-order valence-corrected chi connectivity index (χ1v) is 8.44. The van der Waals surface area contributed by atoms with Gasteiger partial charge in [-0.25, -0.2) is 9.98 Å². The van der Waals surface area contributed by atoms with Crippen molar-refractivity contribution in [3.05, 3.63) is 81.1 Å². The van der Waals surface area contributed by atoms with Gasteiger partial charge in [0.25, 0.3) is 5.56 Å². The number of hydrogen-bond donors (Lipinski definition) is 2. The Morgan fingerprint density at radius 1 is 1.31 bits per heavy atom. The van der Waals surface area contributed by atoms with Gasteiger partial charge in [0.15, 0.2) is 5.96 Å². The van der Waals surface area contributed by atoms with E-state index in [9.17, 15) is 4.79 Å². The molecule has 1 aliphatic heterocycles. The van der Waals surface area contributed by atoms with Gasteiger partial charge in [-0.1, -0.05) is 23.7 Å². The zero-order chi connectivity index (χ0) is 18.1. The Morgan fingerprint density at radius 3 is 2.85 bits per heavy atom. The van der Waals surface area contributed by atoms with Gasteiger partial charge in [-0.15, -0.1) is 0 Å². The summed E-state index contributed by atoms with van der Waals surface area (Å²) in [5.74, 6) is 1.69. The molecule has 0 unspecified atom stereocenters. The molecule has 0 fully saturated rings. The van der Waals surface area contributed by atoms with Crippen LogP contribution in [-0.2, 0) is 6.54 Å². The second-order valence-electron chi connectivity index (χ2n) is 5.90. The van der Waals surface area contributed by atoms with E-state index in [4.69, 9.17) is 16.0 Å². The Bertz CT molecular complexity index is 1010. The summed E-state index contributed by atoms with van der Waals surface area (Å²) < 4.78 is 6.87. The van der Waals surface area contributed by atoms with Crippen molar-refractivity contribution in [1.29, 1.82) is 0 Å². The lowest BCUT2D eigenvalue weighted by Crippen LogP contribution is -2.48. The highest BCUT2D eigenvalue weighted by atomic mass is 35.5. The first-order chi connectivity index (χ1) is 12.6. The number of nitrogens with one attached hydrogen (secondary N) is 2. The number of aromatic nitrogens is 2. The molecule has 2 N–H and O–H groups in total. The molecule has 0 bridgehead atoms. The second kappa shape index (κ2) is 6.68. The van der Waals surface area contributed by atoms with Crippen molar-refractivity contribution >= 4 is 23.5 Å². The van der Waals surface area contributed by atoms with Crippen LogP contribution < -0.4 is 16.2 Å². The van der Waals surface area contributed by atoms with E-state index in [2.05, 4.69) is 20.6 Å². The number of hydrogen-bond acceptors (Lipinski definition) is 4. The van der Waals surface area contributed by atoms with Crippen molar-refractivity contribution in [2.75, 3.05) is 5.32 Å². The van der Waals surface area contributed by atoms with Gasteiger partial charge >= 0.3 is 0 Å². The van der Waals surface area contributed by atoms with Gasteiger partial charge < -0.3 is 9.73 Å². The molecular formula is C18H16ClN5O2. The molecule has 0 amide bonds. The monoisotopic (exact) mass is 369 g/mol. The van der Waals surface area contributed by atoms with Gasteiger partial charge in [-0.2, -0.15) is 0 Å². The molecular weight excluding hydrogens is 354 g/mol. The number of fused-ring (bicyclic) bond motifs is 1. The molecule has 1 aliphatic rings. The van der Waals surface area contributed by atoms with Gasteiger partial charge in [0.05, 0.1) is 6.26 Å². The summed E-state index contributed by atoms with van der Waals surface area (Å²) in [6, 6.07) is 12.5. The quantitative estimate of drug-likeness (QED) is 0.741. The highest BCUT2D eigenvalue weighted by molar-refractivity contribution is 6.30. The third-order valence-electron chi connectivity index (χ3n) is 4.00. The fourth-order valence-electron chi connectivity index (χ4n) is 2.80. The van der Waals surface area contributed by atoms with Gasteiger partial charge in [-0.05, 0) is 36.8 Å². The third-order valence-corrected chi connectivity index (χ3v) is 4.25. The van der Waals surface area contributed by atoms with Crippen molar-refractivity contribution in [3.63, 3.8) is 0 Å². The second-order valence-corrected chi connectivity index (χ2v) is 6.33. The predicted octanol–water partition coefficient (Wildman–Crippen LogP) is 2.92. The molecule has 3 heterocycles. The van der Waals surface area contributed by atoms with Crippen molar-refractivity contribution in [3.8, 4) is 0 Å². The van der Waals surface area contributed by atoms with Crippen LogP contribution in [0.3, 0.4) is 0 Å². The number of benzene rings is 1. The maximum atomic E-state index is 12.5. The fourth-order valence-corrected chi connectivity index (χ4v) is 2.93. The lowest BCUT2D eigenvalue weighted by Gasteiger charge is -2.31. The minimum atomic E-state index is -0.445. The Morgan fingerprint density at radius 2 is 2.12 bits per heavy atom. The van der Waals surface area contributed by atoms with Crippen LogP contribution in [0.15, 0.2) is 62.9 Å². The normalized spacial score (nSPS) is 17.5. The van der Waals surface area contributed by atoms with Crippen LogP contribution in [0.25, 0.3) is 0 Å². The van der Waals surface area contributed by atoms with Crippen LogP contribution in [-0.4, -0.2) is 15.5 Å². The van der Waals surface area contributed by atoms with Crippen LogP contribution >= 0.6 is 11.6 Å². The van der Waals surface area contributed by atoms with E-state index in [-0.39, 0.29) is 5.56 Å². The topological polar surface area (TPSA) is 84.5 Å². The highest BCUT2D eigenvalue weighted by Crippen LogP contribution is 2.23. The Labute approximate surface area is 154 Å². The van der Waals surface area contributed by atoms with Gasteiger partial charge in [-0.3, -0.25) is 14.7 Å². The number of aliphatic imine (C=N–C) groups is 1. The largest absolute Gasteiger partial charge is 0.467 e. The molecule has 0 saturated heterocycles. The summed E-state index contributed by atoms with van der Waals surface area (Å²) in [4.78, 5) is 21.5. The predicted molar refractivity (Wildman–Crippen MR) is 99.4 cm³/mol. The molecule has 8 heteroatoms. The molecule has 132 valence electrons. The summed E-state index contributed by atoms with van der Waals surface area (Å²) in [6.07, 6.45) is 1.16. The third kappa shape index (κ3) is 3.21. The number of nitrogens with zero attached hydrogens (tertiary/aromatic N) is 3. The Balaban J connectivity index is 1.75. The van der Waals surface area contributed by atoms with Gasteiger partial charge in [0, 0.05) is 16.8 Å². The maximum Gasteiger partial charge on any atom is 0.257 e. The number of anilines is 1. The van der Waals surface area contributed by atoms with Crippen LogP contribution in [0.4, 0.5) is 5.95 Å². The molecule has 0 aliphatic carbocycles. The van der Waals surface area contributed by atoms with Crippen molar-refractivity contribution in [1.82, 2.24) is 14.9 Å². The first-order valence-electron chi connectivity index (χ1n) is 8.06. The van der Waals surface area contributed by atoms with Crippen LogP contribution in [0.1, 0.15) is 23.2 Å². The van der Waals surface area contributed by atoms with E-state index >= 15 is 0 Å². The summed E-state index contributed by atoms with van der Waals surface area (Å²) in [7, 11) is 0. The Hall–Kier alpha value is -3.06. The van der Waals surface area contributed by atoms with Gasteiger partial charge in [0.2, 0.25) is 5.95 Å². The van der Waals surface area contributed by atoms with E-state index in [1.165, 1.54) is 6.07 Å². The van der Waals surface area contributed by atoms with E-state index in [1.807, 2.05) is 24.3 Å². The molecule has 0 saturated carbocycles. The zero-order valence-electron chi connectivity index (χ0n) is 13.9. The molecule has 3 aromatic rings. The number of guanidine groups is 1. The summed E-state index contributed by atoms with van der Waals surface area (Å²) in [6.45, 7) is 2.15. The number of halogens is 1. The number of rotatable bonds is 3. The molecule has 26 heavy (non-hydrogen) atoms. The van der Waals surface area contributed by atoms with E-state index < -0.39 is 6.17 Å². The van der Waals surface area contributed by atoms with Crippen molar-refractivity contribution < 1.29 is 4.42 Å². The average Bonchev–Trinajstić information content (AvgIpc) is 3.13. The van der Waals surface area contributed by atoms with E-state index in [0.29, 0.717) is 29.2 Å². The minimum absolute atomic E-state index is 0.155. The number of furan rings is 1. The van der Waals surface area contributed by atoms with E-state index in [1.54, 1.807) is 29.9 Å². The summed E-state index contributed by atoms with van der Waals surface area (Å²) in [5.41, 5.74) is 1.35. The lowest BCUT2D eigenvalue weighted by atomic mass is 10.1. The molecule has 4 rings (SSSR count). The molecule has 1 aromatic carbocycles. The average molecular weight is 370 g/mol. The van der Waals surface area contributed by atoms with Crippen LogP contribution in [0.5, 0.6) is 0 Å².